The number of carbonyl (C=O) groups excluding carboxylic acids is 1. The fraction of sp³-hybridized carbons (Fsp3) is 0.474. The average molecular weight is 361 g/mol. The minimum absolute atomic E-state index is 0.0673. The second kappa shape index (κ2) is 7.44. The Bertz CT molecular complexity index is 798. The number of fused-ring (bicyclic) bond motifs is 1. The standard InChI is InChI=1S/C19H23NO4S/c1-12-15-10-14(24-2)6-7-16(15)25-18(12)19(23)20-9-3-4-13(11-20)5-8-17(21)22/h6-7,10,13H,3-5,8-9,11H2,1-2H3,(H,21,22). The topological polar surface area (TPSA) is 66.8 Å². The molecule has 6 heteroatoms. The zero-order valence-electron chi connectivity index (χ0n) is 14.6. The van der Waals surface area contributed by atoms with Gasteiger partial charge >= 0.3 is 5.97 Å². The first-order chi connectivity index (χ1) is 12.0. The van der Waals surface area contributed by atoms with Crippen LogP contribution in [0.1, 0.15) is 40.9 Å². The number of carbonyl (C=O) groups is 2. The van der Waals surface area contributed by atoms with Crippen molar-refractivity contribution in [3.8, 4) is 5.75 Å². The summed E-state index contributed by atoms with van der Waals surface area (Å²) in [6.07, 6.45) is 2.75. The largest absolute Gasteiger partial charge is 0.497 e. The van der Waals surface area contributed by atoms with Crippen LogP contribution < -0.4 is 4.74 Å². The molecular formula is C19H23NO4S. The quantitative estimate of drug-likeness (QED) is 0.876. The molecule has 3 rings (SSSR count). The number of benzene rings is 1. The SMILES string of the molecule is COc1ccc2sc(C(=O)N3CCCC(CCC(=O)O)C3)c(C)c2c1. The molecule has 1 aromatic carbocycles. The van der Waals surface area contributed by atoms with Crippen molar-refractivity contribution in [3.05, 3.63) is 28.6 Å². The first-order valence-electron chi connectivity index (χ1n) is 8.57. The maximum atomic E-state index is 13.0. The molecule has 1 aliphatic rings. The van der Waals surface area contributed by atoms with E-state index in [2.05, 4.69) is 0 Å². The van der Waals surface area contributed by atoms with E-state index in [-0.39, 0.29) is 18.2 Å². The first-order valence-corrected chi connectivity index (χ1v) is 9.39. The second-order valence-electron chi connectivity index (χ2n) is 6.61. The molecule has 134 valence electrons. The smallest absolute Gasteiger partial charge is 0.303 e. The predicted octanol–water partition coefficient (Wildman–Crippen LogP) is 3.94. The molecule has 5 nitrogen and oxygen atoms in total. The summed E-state index contributed by atoms with van der Waals surface area (Å²) in [6.45, 7) is 3.39. The number of methoxy groups -OCH3 is 1. The van der Waals surface area contributed by atoms with Crippen molar-refractivity contribution in [2.24, 2.45) is 5.92 Å². The molecule has 2 aromatic rings. The second-order valence-corrected chi connectivity index (χ2v) is 7.66. The highest BCUT2D eigenvalue weighted by atomic mass is 32.1. The van der Waals surface area contributed by atoms with Crippen LogP contribution in [0, 0.1) is 12.8 Å². The zero-order chi connectivity index (χ0) is 18.0. The van der Waals surface area contributed by atoms with Crippen LogP contribution in [0.3, 0.4) is 0 Å². The zero-order valence-corrected chi connectivity index (χ0v) is 15.4. The summed E-state index contributed by atoms with van der Waals surface area (Å²) in [5.74, 6) is 0.373. The third-order valence-electron chi connectivity index (χ3n) is 4.91. The Kier molecular flexibility index (Phi) is 5.27. The maximum Gasteiger partial charge on any atom is 0.303 e. The number of carboxylic acid groups (broad SMARTS) is 1. The number of amides is 1. The van der Waals surface area contributed by atoms with Gasteiger partial charge in [0.15, 0.2) is 0 Å². The Morgan fingerprint density at radius 3 is 2.92 bits per heavy atom. The van der Waals surface area contributed by atoms with Crippen LogP contribution in [0.5, 0.6) is 5.75 Å². The van der Waals surface area contributed by atoms with Gasteiger partial charge in [0, 0.05) is 24.2 Å². The van der Waals surface area contributed by atoms with Crippen LogP contribution in [0.4, 0.5) is 0 Å². The van der Waals surface area contributed by atoms with E-state index < -0.39 is 5.97 Å². The van der Waals surface area contributed by atoms with Crippen LogP contribution in [-0.4, -0.2) is 42.1 Å². The molecule has 0 aliphatic carbocycles. The summed E-state index contributed by atoms with van der Waals surface area (Å²) in [4.78, 5) is 26.5. The van der Waals surface area contributed by atoms with Crippen molar-refractivity contribution in [3.63, 3.8) is 0 Å². The van der Waals surface area contributed by atoms with E-state index >= 15 is 0 Å². The number of aryl methyl sites for hydroxylation is 1. The lowest BCUT2D eigenvalue weighted by Crippen LogP contribution is -2.40. The van der Waals surface area contributed by atoms with Crippen LogP contribution in [-0.2, 0) is 4.79 Å². The summed E-state index contributed by atoms with van der Waals surface area (Å²) >= 11 is 1.52. The molecule has 25 heavy (non-hydrogen) atoms. The number of ether oxygens (including phenoxy) is 1. The van der Waals surface area contributed by atoms with E-state index in [0.29, 0.717) is 13.0 Å². The van der Waals surface area contributed by atoms with E-state index in [0.717, 1.165) is 45.7 Å². The molecular weight excluding hydrogens is 338 g/mol. The van der Waals surface area contributed by atoms with Gasteiger partial charge in [0.2, 0.25) is 0 Å². The van der Waals surface area contributed by atoms with Crippen LogP contribution >= 0.6 is 11.3 Å². The summed E-state index contributed by atoms with van der Waals surface area (Å²) < 4.78 is 6.37. The van der Waals surface area contributed by atoms with Gasteiger partial charge in [-0.1, -0.05) is 0 Å². The van der Waals surface area contributed by atoms with Gasteiger partial charge in [0.25, 0.3) is 5.91 Å². The number of likely N-dealkylation sites (tertiary alicyclic amines) is 1. The number of thiophene rings is 1. The van der Waals surface area contributed by atoms with Crippen molar-refractivity contribution in [1.29, 1.82) is 0 Å². The van der Waals surface area contributed by atoms with E-state index in [1.54, 1.807) is 7.11 Å². The molecule has 1 saturated heterocycles. The molecule has 1 fully saturated rings. The van der Waals surface area contributed by atoms with E-state index in [9.17, 15) is 9.59 Å². The number of carboxylic acids is 1. The summed E-state index contributed by atoms with van der Waals surface area (Å²) in [5.41, 5.74) is 0.997. The minimum atomic E-state index is -0.766. The number of hydrogen-bond acceptors (Lipinski definition) is 4. The molecule has 1 atom stereocenters. The average Bonchev–Trinajstić information content (AvgIpc) is 2.95. The highest BCUT2D eigenvalue weighted by Crippen LogP contribution is 2.35. The lowest BCUT2D eigenvalue weighted by Gasteiger charge is -2.32. The third-order valence-corrected chi connectivity index (χ3v) is 6.17. The Hall–Kier alpha value is -2.08. The molecule has 0 bridgehead atoms. The molecule has 1 unspecified atom stereocenters. The lowest BCUT2D eigenvalue weighted by molar-refractivity contribution is -0.137. The third kappa shape index (κ3) is 3.79. The van der Waals surface area contributed by atoms with Gasteiger partial charge in [0.1, 0.15) is 5.75 Å². The summed E-state index contributed by atoms with van der Waals surface area (Å²) in [5, 5.41) is 9.93. The van der Waals surface area contributed by atoms with Crippen molar-refractivity contribution in [1.82, 2.24) is 4.90 Å². The molecule has 0 spiro atoms. The Balaban J connectivity index is 1.79. The number of piperidine rings is 1. The highest BCUT2D eigenvalue weighted by Gasteiger charge is 2.27. The van der Waals surface area contributed by atoms with Gasteiger partial charge in [-0.25, -0.2) is 0 Å². The summed E-state index contributed by atoms with van der Waals surface area (Å²) in [7, 11) is 1.64. The van der Waals surface area contributed by atoms with Crippen molar-refractivity contribution < 1.29 is 19.4 Å². The molecule has 1 N–H and O–H groups in total. The molecule has 2 heterocycles. The van der Waals surface area contributed by atoms with Gasteiger partial charge in [-0.2, -0.15) is 0 Å². The van der Waals surface area contributed by atoms with Gasteiger partial charge in [-0.15, -0.1) is 11.3 Å². The summed E-state index contributed by atoms with van der Waals surface area (Å²) in [6, 6.07) is 5.88. The van der Waals surface area contributed by atoms with Gasteiger partial charge in [-0.3, -0.25) is 9.59 Å². The maximum absolute atomic E-state index is 13.0. The van der Waals surface area contributed by atoms with Crippen molar-refractivity contribution >= 4 is 33.3 Å². The first kappa shape index (κ1) is 17.7. The number of hydrogen-bond donors (Lipinski definition) is 1. The Labute approximate surface area is 151 Å². The van der Waals surface area contributed by atoms with Gasteiger partial charge in [-0.05, 0) is 61.3 Å². The molecule has 1 aromatic heterocycles. The predicted molar refractivity (Wildman–Crippen MR) is 98.6 cm³/mol. The molecule has 1 aliphatic heterocycles. The van der Waals surface area contributed by atoms with E-state index in [1.807, 2.05) is 30.0 Å². The van der Waals surface area contributed by atoms with Crippen molar-refractivity contribution in [2.45, 2.75) is 32.6 Å². The number of nitrogens with zero attached hydrogens (tertiary/aromatic N) is 1. The Morgan fingerprint density at radius 2 is 2.20 bits per heavy atom. The monoisotopic (exact) mass is 361 g/mol. The fourth-order valence-electron chi connectivity index (χ4n) is 3.49. The van der Waals surface area contributed by atoms with Crippen LogP contribution in [0.15, 0.2) is 18.2 Å². The lowest BCUT2D eigenvalue weighted by atomic mass is 9.93. The molecule has 0 saturated carbocycles. The van der Waals surface area contributed by atoms with E-state index in [4.69, 9.17) is 9.84 Å². The fourth-order valence-corrected chi connectivity index (χ4v) is 4.64. The number of aliphatic carboxylic acids is 1. The highest BCUT2D eigenvalue weighted by molar-refractivity contribution is 7.21. The minimum Gasteiger partial charge on any atom is -0.497 e. The number of rotatable bonds is 5. The molecule has 0 radical (unpaired) electrons. The van der Waals surface area contributed by atoms with Crippen LogP contribution in [0.25, 0.3) is 10.1 Å². The Morgan fingerprint density at radius 1 is 1.40 bits per heavy atom. The normalized spacial score (nSPS) is 17.7. The van der Waals surface area contributed by atoms with E-state index in [1.165, 1.54) is 11.3 Å². The van der Waals surface area contributed by atoms with Crippen LogP contribution in [0.2, 0.25) is 0 Å². The van der Waals surface area contributed by atoms with Crippen molar-refractivity contribution in [2.75, 3.05) is 20.2 Å². The molecule has 1 amide bonds. The van der Waals surface area contributed by atoms with Gasteiger partial charge in [0.05, 0.1) is 12.0 Å². The van der Waals surface area contributed by atoms with Gasteiger partial charge < -0.3 is 14.7 Å².